The van der Waals surface area contributed by atoms with Crippen LogP contribution in [0.25, 0.3) is 10.9 Å². The number of fused-ring (bicyclic) bond motifs is 2. The second-order valence-electron chi connectivity index (χ2n) is 6.66. The van der Waals surface area contributed by atoms with Gasteiger partial charge in [-0.15, -0.1) is 0 Å². The van der Waals surface area contributed by atoms with Crippen LogP contribution in [0.3, 0.4) is 0 Å². The molecule has 0 saturated carbocycles. The molecular formula is C20H19N3O3. The van der Waals surface area contributed by atoms with Crippen LogP contribution in [-0.4, -0.2) is 26.7 Å². The van der Waals surface area contributed by atoms with E-state index in [0.29, 0.717) is 17.3 Å². The molecule has 0 radical (unpaired) electrons. The van der Waals surface area contributed by atoms with Crippen LogP contribution in [0.4, 0.5) is 0 Å². The summed E-state index contributed by atoms with van der Waals surface area (Å²) in [5.41, 5.74) is 3.27. The summed E-state index contributed by atoms with van der Waals surface area (Å²) in [5.74, 6) is -0.332. The van der Waals surface area contributed by atoms with E-state index in [1.165, 1.54) is 10.9 Å². The van der Waals surface area contributed by atoms with E-state index < -0.39 is 12.1 Å². The van der Waals surface area contributed by atoms with Crippen LogP contribution in [0, 0.1) is 6.92 Å². The molecule has 3 aromatic rings. The van der Waals surface area contributed by atoms with Crippen LogP contribution in [0.2, 0.25) is 0 Å². The van der Waals surface area contributed by atoms with Crippen molar-refractivity contribution in [3.63, 3.8) is 0 Å². The van der Waals surface area contributed by atoms with Gasteiger partial charge in [0, 0.05) is 6.42 Å². The maximum Gasteiger partial charge on any atom is 0.261 e. The number of carbonyl (C=O) groups is 1. The average molecular weight is 349 g/mol. The fourth-order valence-corrected chi connectivity index (χ4v) is 3.57. The SMILES string of the molecule is Cc1cccc2c(=O)n(CC(=O)N[C@@H]3c4ccccc4C[C@@H]3O)cnc12. The van der Waals surface area contributed by atoms with E-state index in [4.69, 9.17) is 0 Å². The quantitative estimate of drug-likeness (QED) is 0.750. The zero-order valence-corrected chi connectivity index (χ0v) is 14.3. The Labute approximate surface area is 150 Å². The van der Waals surface area contributed by atoms with Gasteiger partial charge in [-0.25, -0.2) is 4.98 Å². The Morgan fingerprint density at radius 3 is 2.92 bits per heavy atom. The number of carbonyl (C=O) groups excluding carboxylic acids is 1. The zero-order valence-electron chi connectivity index (χ0n) is 14.3. The fourth-order valence-electron chi connectivity index (χ4n) is 3.57. The monoisotopic (exact) mass is 349 g/mol. The standard InChI is InChI=1S/C20H19N3O3/c1-12-5-4-8-15-18(12)21-11-23(20(15)26)10-17(25)22-19-14-7-3-2-6-13(14)9-16(19)24/h2-8,11,16,19,24H,9-10H2,1H3,(H,22,25)/t16-,19+/m0/s1. The van der Waals surface area contributed by atoms with Crippen molar-refractivity contribution in [3.8, 4) is 0 Å². The highest BCUT2D eigenvalue weighted by Crippen LogP contribution is 2.31. The van der Waals surface area contributed by atoms with Gasteiger partial charge >= 0.3 is 0 Å². The molecule has 0 unspecified atom stereocenters. The molecule has 0 fully saturated rings. The Hall–Kier alpha value is -2.99. The fraction of sp³-hybridized carbons (Fsp3) is 0.250. The highest BCUT2D eigenvalue weighted by atomic mass is 16.3. The van der Waals surface area contributed by atoms with Crippen LogP contribution in [0.5, 0.6) is 0 Å². The number of nitrogens with zero attached hydrogens (tertiary/aromatic N) is 2. The highest BCUT2D eigenvalue weighted by molar-refractivity contribution is 5.81. The minimum absolute atomic E-state index is 0.138. The summed E-state index contributed by atoms with van der Waals surface area (Å²) in [6.45, 7) is 1.76. The third-order valence-electron chi connectivity index (χ3n) is 4.89. The van der Waals surface area contributed by atoms with E-state index in [1.54, 1.807) is 12.1 Å². The summed E-state index contributed by atoms with van der Waals surface area (Å²) >= 11 is 0. The molecule has 132 valence electrons. The van der Waals surface area contributed by atoms with Gasteiger partial charge in [0.15, 0.2) is 0 Å². The molecule has 0 aliphatic heterocycles. The van der Waals surface area contributed by atoms with Crippen molar-refractivity contribution in [2.45, 2.75) is 32.0 Å². The Morgan fingerprint density at radius 2 is 2.08 bits per heavy atom. The molecule has 26 heavy (non-hydrogen) atoms. The van der Waals surface area contributed by atoms with Gasteiger partial charge in [0.05, 0.1) is 29.4 Å². The summed E-state index contributed by atoms with van der Waals surface area (Å²) in [4.78, 5) is 29.4. The van der Waals surface area contributed by atoms with Gasteiger partial charge < -0.3 is 10.4 Å². The highest BCUT2D eigenvalue weighted by Gasteiger charge is 2.31. The Kier molecular flexibility index (Phi) is 4.05. The number of amides is 1. The number of hydrogen-bond donors (Lipinski definition) is 2. The van der Waals surface area contributed by atoms with Gasteiger partial charge in [-0.05, 0) is 29.7 Å². The summed E-state index contributed by atoms with van der Waals surface area (Å²) in [6, 6.07) is 12.6. The van der Waals surface area contributed by atoms with Crippen molar-refractivity contribution in [3.05, 3.63) is 75.8 Å². The predicted molar refractivity (Wildman–Crippen MR) is 97.8 cm³/mol. The van der Waals surface area contributed by atoms with Crippen LogP contribution in [0.15, 0.2) is 53.6 Å². The van der Waals surface area contributed by atoms with Gasteiger partial charge in [-0.2, -0.15) is 0 Å². The molecule has 2 atom stereocenters. The lowest BCUT2D eigenvalue weighted by atomic mass is 10.1. The smallest absolute Gasteiger partial charge is 0.261 e. The number of rotatable bonds is 3. The zero-order chi connectivity index (χ0) is 18.3. The third-order valence-corrected chi connectivity index (χ3v) is 4.89. The first-order chi connectivity index (χ1) is 12.5. The number of aliphatic hydroxyl groups is 1. The lowest BCUT2D eigenvalue weighted by molar-refractivity contribution is -0.123. The number of aliphatic hydroxyl groups excluding tert-OH is 1. The van der Waals surface area contributed by atoms with Crippen molar-refractivity contribution in [2.24, 2.45) is 0 Å². The molecule has 1 amide bonds. The first-order valence-corrected chi connectivity index (χ1v) is 8.54. The maximum absolute atomic E-state index is 12.6. The summed E-state index contributed by atoms with van der Waals surface area (Å²) in [6.07, 6.45) is 1.25. The van der Waals surface area contributed by atoms with E-state index in [9.17, 15) is 14.7 Å². The topological polar surface area (TPSA) is 84.2 Å². The van der Waals surface area contributed by atoms with Crippen LogP contribution < -0.4 is 10.9 Å². The van der Waals surface area contributed by atoms with E-state index in [0.717, 1.165) is 16.7 Å². The molecular weight excluding hydrogens is 330 g/mol. The van der Waals surface area contributed by atoms with Crippen LogP contribution in [-0.2, 0) is 17.8 Å². The minimum atomic E-state index is -0.662. The molecule has 1 aliphatic carbocycles. The largest absolute Gasteiger partial charge is 0.390 e. The molecule has 6 nitrogen and oxygen atoms in total. The average Bonchev–Trinajstić information content (AvgIpc) is 2.94. The second-order valence-corrected chi connectivity index (χ2v) is 6.66. The molecule has 0 spiro atoms. The van der Waals surface area contributed by atoms with Crippen molar-refractivity contribution < 1.29 is 9.90 Å². The van der Waals surface area contributed by atoms with Gasteiger partial charge in [0.2, 0.25) is 5.91 Å². The van der Waals surface area contributed by atoms with E-state index in [-0.39, 0.29) is 18.0 Å². The van der Waals surface area contributed by atoms with Crippen molar-refractivity contribution >= 4 is 16.8 Å². The second kappa shape index (κ2) is 6.38. The molecule has 0 saturated heterocycles. The van der Waals surface area contributed by atoms with Crippen molar-refractivity contribution in [2.75, 3.05) is 0 Å². The van der Waals surface area contributed by atoms with Crippen molar-refractivity contribution in [1.29, 1.82) is 0 Å². The van der Waals surface area contributed by atoms with Gasteiger partial charge in [0.1, 0.15) is 6.54 Å². The van der Waals surface area contributed by atoms with Gasteiger partial charge in [0.25, 0.3) is 5.56 Å². The van der Waals surface area contributed by atoms with Crippen LogP contribution in [0.1, 0.15) is 22.7 Å². The number of hydrogen-bond acceptors (Lipinski definition) is 4. The van der Waals surface area contributed by atoms with E-state index in [1.807, 2.05) is 37.3 Å². The molecule has 0 bridgehead atoms. The lowest BCUT2D eigenvalue weighted by Crippen LogP contribution is -2.38. The first-order valence-electron chi connectivity index (χ1n) is 8.54. The molecule has 4 rings (SSSR count). The first kappa shape index (κ1) is 16.5. The molecule has 1 aromatic heterocycles. The number of nitrogens with one attached hydrogen (secondary N) is 1. The Bertz CT molecular complexity index is 1060. The summed E-state index contributed by atoms with van der Waals surface area (Å²) in [5, 5.41) is 13.6. The Balaban J connectivity index is 1.57. The Morgan fingerprint density at radius 1 is 1.27 bits per heavy atom. The number of para-hydroxylation sites is 1. The summed E-state index contributed by atoms with van der Waals surface area (Å²) < 4.78 is 1.30. The van der Waals surface area contributed by atoms with E-state index >= 15 is 0 Å². The van der Waals surface area contributed by atoms with Gasteiger partial charge in [-0.3, -0.25) is 14.2 Å². The normalized spacial score (nSPS) is 18.7. The molecule has 1 aliphatic rings. The minimum Gasteiger partial charge on any atom is -0.390 e. The molecule has 2 aromatic carbocycles. The van der Waals surface area contributed by atoms with Gasteiger partial charge in [-0.1, -0.05) is 36.4 Å². The predicted octanol–water partition coefficient (Wildman–Crippen LogP) is 1.48. The molecule has 2 N–H and O–H groups in total. The molecule has 6 heteroatoms. The number of aryl methyl sites for hydroxylation is 1. The molecule has 1 heterocycles. The van der Waals surface area contributed by atoms with Crippen molar-refractivity contribution in [1.82, 2.24) is 14.9 Å². The number of aromatic nitrogens is 2. The van der Waals surface area contributed by atoms with E-state index in [2.05, 4.69) is 10.3 Å². The maximum atomic E-state index is 12.6. The number of benzene rings is 2. The lowest BCUT2D eigenvalue weighted by Gasteiger charge is -2.18. The summed E-state index contributed by atoms with van der Waals surface area (Å²) in [7, 11) is 0. The van der Waals surface area contributed by atoms with Crippen LogP contribution >= 0.6 is 0 Å². The third kappa shape index (κ3) is 2.78.